The highest BCUT2D eigenvalue weighted by Crippen LogP contribution is 2.26. The van der Waals surface area contributed by atoms with Crippen LogP contribution >= 0.6 is 11.8 Å². The molecule has 0 aliphatic carbocycles. The lowest BCUT2D eigenvalue weighted by Gasteiger charge is -2.30. The van der Waals surface area contributed by atoms with E-state index in [9.17, 15) is 9.18 Å². The molecule has 1 aromatic heterocycles. The molecule has 122 valence electrons. The predicted molar refractivity (Wildman–Crippen MR) is 87.9 cm³/mol. The maximum Gasteiger partial charge on any atom is 0.235 e. The number of anilines is 1. The van der Waals surface area contributed by atoms with Crippen LogP contribution in [-0.2, 0) is 4.79 Å². The van der Waals surface area contributed by atoms with Crippen LogP contribution in [0.4, 0.5) is 10.2 Å². The van der Waals surface area contributed by atoms with Gasteiger partial charge in [0.15, 0.2) is 0 Å². The largest absolute Gasteiger partial charge is 0.349 e. The zero-order valence-electron chi connectivity index (χ0n) is 13.3. The normalized spacial score (nSPS) is 22.6. The molecule has 0 aromatic carbocycles. The van der Waals surface area contributed by atoms with E-state index in [0.29, 0.717) is 19.5 Å². The van der Waals surface area contributed by atoms with Gasteiger partial charge in [-0.05, 0) is 18.7 Å². The van der Waals surface area contributed by atoms with Gasteiger partial charge < -0.3 is 9.80 Å². The van der Waals surface area contributed by atoms with Crippen LogP contribution in [0.2, 0.25) is 0 Å². The monoisotopic (exact) mass is 326 g/mol. The van der Waals surface area contributed by atoms with Crippen LogP contribution in [-0.4, -0.2) is 64.6 Å². The van der Waals surface area contributed by atoms with E-state index in [1.54, 1.807) is 36.0 Å². The SMILES string of the molecule is CC[C@@H](SC)C(=O)N(C)C[C@@H]1C[C@H](F)CN1c1ccncn1. The number of carbonyl (C=O) groups is 1. The zero-order chi connectivity index (χ0) is 16.1. The highest BCUT2D eigenvalue weighted by atomic mass is 32.2. The van der Waals surface area contributed by atoms with Crippen LogP contribution in [0.1, 0.15) is 19.8 Å². The molecule has 0 N–H and O–H groups in total. The fourth-order valence-corrected chi connectivity index (χ4v) is 3.58. The first-order chi connectivity index (χ1) is 10.6. The summed E-state index contributed by atoms with van der Waals surface area (Å²) in [5.41, 5.74) is 0. The minimum Gasteiger partial charge on any atom is -0.349 e. The molecule has 0 radical (unpaired) electrons. The van der Waals surface area contributed by atoms with Gasteiger partial charge in [-0.25, -0.2) is 14.4 Å². The third kappa shape index (κ3) is 3.88. The number of thioether (sulfide) groups is 1. The lowest BCUT2D eigenvalue weighted by Crippen LogP contribution is -2.44. The van der Waals surface area contributed by atoms with Gasteiger partial charge in [-0.1, -0.05) is 6.92 Å². The van der Waals surface area contributed by atoms with Gasteiger partial charge in [0.1, 0.15) is 18.3 Å². The van der Waals surface area contributed by atoms with Crippen LogP contribution in [0.25, 0.3) is 0 Å². The lowest BCUT2D eigenvalue weighted by molar-refractivity contribution is -0.129. The smallest absolute Gasteiger partial charge is 0.235 e. The number of alkyl halides is 1. The van der Waals surface area contributed by atoms with Gasteiger partial charge in [-0.2, -0.15) is 11.8 Å². The van der Waals surface area contributed by atoms with E-state index in [1.807, 2.05) is 18.1 Å². The summed E-state index contributed by atoms with van der Waals surface area (Å²) in [5, 5.41) is -0.0277. The Morgan fingerprint density at radius 3 is 3.00 bits per heavy atom. The van der Waals surface area contributed by atoms with Crippen molar-refractivity contribution >= 4 is 23.5 Å². The maximum absolute atomic E-state index is 13.9. The van der Waals surface area contributed by atoms with E-state index in [4.69, 9.17) is 0 Å². The summed E-state index contributed by atoms with van der Waals surface area (Å²) >= 11 is 1.56. The van der Waals surface area contributed by atoms with E-state index in [1.165, 1.54) is 6.33 Å². The Hall–Kier alpha value is -1.37. The Kier molecular flexibility index (Phi) is 5.99. The molecular formula is C15H23FN4OS. The summed E-state index contributed by atoms with van der Waals surface area (Å²) in [5.74, 6) is 0.831. The molecule has 0 unspecified atom stereocenters. The second kappa shape index (κ2) is 7.76. The van der Waals surface area contributed by atoms with Crippen molar-refractivity contribution in [1.29, 1.82) is 0 Å². The number of rotatable bonds is 6. The number of nitrogens with zero attached hydrogens (tertiary/aromatic N) is 4. The van der Waals surface area contributed by atoms with Crippen molar-refractivity contribution in [2.75, 3.05) is 31.3 Å². The van der Waals surface area contributed by atoms with Crippen molar-refractivity contribution in [3.63, 3.8) is 0 Å². The van der Waals surface area contributed by atoms with Crippen LogP contribution in [0.15, 0.2) is 18.6 Å². The molecule has 1 aliphatic rings. The Morgan fingerprint density at radius 2 is 2.41 bits per heavy atom. The minimum absolute atomic E-state index is 0.0277. The molecule has 0 saturated carbocycles. The van der Waals surface area contributed by atoms with Crippen LogP contribution in [0, 0.1) is 0 Å². The average Bonchev–Trinajstić information content (AvgIpc) is 2.89. The number of hydrogen-bond acceptors (Lipinski definition) is 5. The molecule has 1 amide bonds. The number of amides is 1. The Balaban J connectivity index is 2.05. The summed E-state index contributed by atoms with van der Waals surface area (Å²) in [6.45, 7) is 2.84. The third-order valence-electron chi connectivity index (χ3n) is 4.02. The Labute approximate surface area is 135 Å². The van der Waals surface area contributed by atoms with Gasteiger partial charge in [0.25, 0.3) is 0 Å². The first-order valence-corrected chi connectivity index (χ1v) is 8.80. The molecule has 5 nitrogen and oxygen atoms in total. The molecule has 22 heavy (non-hydrogen) atoms. The molecule has 2 heterocycles. The predicted octanol–water partition coefficient (Wildman–Crippen LogP) is 1.99. The Morgan fingerprint density at radius 1 is 1.64 bits per heavy atom. The second-order valence-electron chi connectivity index (χ2n) is 5.56. The fourth-order valence-electron chi connectivity index (χ4n) is 2.86. The van der Waals surface area contributed by atoms with Gasteiger partial charge >= 0.3 is 0 Å². The molecule has 1 aromatic rings. The summed E-state index contributed by atoms with van der Waals surface area (Å²) < 4.78 is 13.9. The van der Waals surface area contributed by atoms with Crippen molar-refractivity contribution in [3.8, 4) is 0 Å². The summed E-state index contributed by atoms with van der Waals surface area (Å²) in [7, 11) is 1.80. The zero-order valence-corrected chi connectivity index (χ0v) is 14.1. The van der Waals surface area contributed by atoms with E-state index in [2.05, 4.69) is 9.97 Å². The van der Waals surface area contributed by atoms with Crippen molar-refractivity contribution in [3.05, 3.63) is 18.6 Å². The number of carbonyl (C=O) groups excluding carboxylic acids is 1. The van der Waals surface area contributed by atoms with E-state index in [-0.39, 0.29) is 17.2 Å². The highest BCUT2D eigenvalue weighted by Gasteiger charge is 2.35. The van der Waals surface area contributed by atoms with E-state index < -0.39 is 6.17 Å². The number of hydrogen-bond donors (Lipinski definition) is 0. The fraction of sp³-hybridized carbons (Fsp3) is 0.667. The van der Waals surface area contributed by atoms with Gasteiger partial charge in [0, 0.05) is 26.2 Å². The van der Waals surface area contributed by atoms with E-state index >= 15 is 0 Å². The summed E-state index contributed by atoms with van der Waals surface area (Å²) in [6.07, 6.45) is 5.41. The van der Waals surface area contributed by atoms with Crippen molar-refractivity contribution < 1.29 is 9.18 Å². The van der Waals surface area contributed by atoms with Gasteiger partial charge in [0.05, 0.1) is 17.8 Å². The lowest BCUT2D eigenvalue weighted by atomic mass is 10.2. The number of halogens is 1. The molecule has 7 heteroatoms. The van der Waals surface area contributed by atoms with Crippen molar-refractivity contribution in [2.45, 2.75) is 37.2 Å². The third-order valence-corrected chi connectivity index (χ3v) is 5.12. The molecule has 1 aliphatic heterocycles. The highest BCUT2D eigenvalue weighted by molar-refractivity contribution is 7.99. The van der Waals surface area contributed by atoms with Crippen LogP contribution in [0.3, 0.4) is 0 Å². The van der Waals surface area contributed by atoms with Crippen LogP contribution < -0.4 is 4.90 Å². The maximum atomic E-state index is 13.9. The first kappa shape index (κ1) is 17.0. The summed E-state index contributed by atoms with van der Waals surface area (Å²) in [4.78, 5) is 24.2. The van der Waals surface area contributed by atoms with Crippen LogP contribution in [0.5, 0.6) is 0 Å². The molecule has 1 saturated heterocycles. The Bertz CT molecular complexity index is 486. The molecular weight excluding hydrogens is 303 g/mol. The molecule has 2 rings (SSSR count). The van der Waals surface area contributed by atoms with Crippen molar-refractivity contribution in [1.82, 2.24) is 14.9 Å². The molecule has 0 bridgehead atoms. The minimum atomic E-state index is -0.883. The second-order valence-corrected chi connectivity index (χ2v) is 6.60. The van der Waals surface area contributed by atoms with Gasteiger partial charge in [-0.3, -0.25) is 4.79 Å². The molecule has 0 spiro atoms. The number of aromatic nitrogens is 2. The van der Waals surface area contributed by atoms with Gasteiger partial charge in [0.2, 0.25) is 5.91 Å². The van der Waals surface area contributed by atoms with E-state index in [0.717, 1.165) is 12.2 Å². The quantitative estimate of drug-likeness (QED) is 0.800. The number of likely N-dealkylation sites (N-methyl/N-ethyl adjacent to an activating group) is 1. The molecule has 3 atom stereocenters. The molecule has 1 fully saturated rings. The standard InChI is InChI=1S/C15H23FN4OS/c1-4-13(22-3)15(21)19(2)9-12-7-11(16)8-20(12)14-5-6-17-10-18-14/h5-6,10-13H,4,7-9H2,1-3H3/t11-,12-,13+/m0/s1. The summed E-state index contributed by atoms with van der Waals surface area (Å²) in [6, 6.07) is 1.74. The topological polar surface area (TPSA) is 49.3 Å². The first-order valence-electron chi connectivity index (χ1n) is 7.51. The van der Waals surface area contributed by atoms with Gasteiger partial charge in [-0.15, -0.1) is 0 Å². The van der Waals surface area contributed by atoms with Crippen molar-refractivity contribution in [2.24, 2.45) is 0 Å². The average molecular weight is 326 g/mol.